The minimum atomic E-state index is -0.893. The first kappa shape index (κ1) is 15.1. The molecule has 0 unspecified atom stereocenters. The standard InChI is InChI=1S/C14H16F2N4O/c1-20-13(18-9-19-20)6-7-17-14(21)5-3-10-2-4-11(15)12(16)8-10/h2,4,8-9H,3,5-7H2,1H3,(H,17,21). The molecule has 0 aliphatic carbocycles. The third-order valence-electron chi connectivity index (χ3n) is 3.10. The third kappa shape index (κ3) is 4.34. The van der Waals surface area contributed by atoms with Gasteiger partial charge in [-0.2, -0.15) is 5.10 Å². The zero-order chi connectivity index (χ0) is 15.2. The van der Waals surface area contributed by atoms with Crippen molar-refractivity contribution in [2.24, 2.45) is 7.05 Å². The van der Waals surface area contributed by atoms with Gasteiger partial charge >= 0.3 is 0 Å². The number of halogens is 2. The Balaban J connectivity index is 1.72. The molecule has 5 nitrogen and oxygen atoms in total. The van der Waals surface area contributed by atoms with Crippen LogP contribution in [0, 0.1) is 11.6 Å². The van der Waals surface area contributed by atoms with E-state index in [1.165, 1.54) is 12.4 Å². The van der Waals surface area contributed by atoms with E-state index in [1.807, 2.05) is 0 Å². The Morgan fingerprint density at radius 2 is 2.10 bits per heavy atom. The van der Waals surface area contributed by atoms with Crippen LogP contribution < -0.4 is 5.32 Å². The van der Waals surface area contributed by atoms with Gasteiger partial charge in [0.05, 0.1) is 0 Å². The van der Waals surface area contributed by atoms with Crippen molar-refractivity contribution in [3.8, 4) is 0 Å². The minimum absolute atomic E-state index is 0.137. The molecule has 0 bridgehead atoms. The first-order chi connectivity index (χ1) is 10.1. The van der Waals surface area contributed by atoms with Gasteiger partial charge in [-0.25, -0.2) is 13.8 Å². The second-order valence-electron chi connectivity index (χ2n) is 4.65. The number of hydrogen-bond donors (Lipinski definition) is 1. The van der Waals surface area contributed by atoms with Crippen LogP contribution in [0.1, 0.15) is 17.8 Å². The van der Waals surface area contributed by atoms with Gasteiger partial charge in [0.1, 0.15) is 12.2 Å². The van der Waals surface area contributed by atoms with Crippen LogP contribution in [0.5, 0.6) is 0 Å². The summed E-state index contributed by atoms with van der Waals surface area (Å²) in [6, 6.07) is 3.66. The molecule has 0 fully saturated rings. The monoisotopic (exact) mass is 294 g/mol. The number of nitrogens with zero attached hydrogens (tertiary/aromatic N) is 3. The normalized spacial score (nSPS) is 10.6. The number of nitrogens with one attached hydrogen (secondary N) is 1. The summed E-state index contributed by atoms with van der Waals surface area (Å²) in [7, 11) is 1.78. The topological polar surface area (TPSA) is 59.8 Å². The Labute approximate surface area is 121 Å². The summed E-state index contributed by atoms with van der Waals surface area (Å²) in [5, 5.41) is 6.69. The molecule has 0 aliphatic rings. The molecule has 0 atom stereocenters. The van der Waals surface area contributed by atoms with Crippen LogP contribution in [0.3, 0.4) is 0 Å². The van der Waals surface area contributed by atoms with E-state index >= 15 is 0 Å². The van der Waals surface area contributed by atoms with Crippen LogP contribution in [0.4, 0.5) is 8.78 Å². The van der Waals surface area contributed by atoms with Crippen LogP contribution in [0.15, 0.2) is 24.5 Å². The maximum atomic E-state index is 13.0. The van der Waals surface area contributed by atoms with Crippen molar-refractivity contribution in [3.63, 3.8) is 0 Å². The number of amides is 1. The predicted molar refractivity (Wildman–Crippen MR) is 72.4 cm³/mol. The molecule has 7 heteroatoms. The minimum Gasteiger partial charge on any atom is -0.356 e. The van der Waals surface area contributed by atoms with Crippen LogP contribution in [0.25, 0.3) is 0 Å². The van der Waals surface area contributed by atoms with E-state index in [9.17, 15) is 13.6 Å². The van der Waals surface area contributed by atoms with Gasteiger partial charge in [-0.3, -0.25) is 9.48 Å². The number of benzene rings is 1. The number of carbonyl (C=O) groups excluding carboxylic acids is 1. The molecule has 112 valence electrons. The summed E-state index contributed by atoms with van der Waals surface area (Å²) in [4.78, 5) is 15.7. The van der Waals surface area contributed by atoms with Crippen molar-refractivity contribution in [3.05, 3.63) is 47.5 Å². The Morgan fingerprint density at radius 1 is 1.29 bits per heavy atom. The lowest BCUT2D eigenvalue weighted by atomic mass is 10.1. The Morgan fingerprint density at radius 3 is 2.76 bits per heavy atom. The van der Waals surface area contributed by atoms with Gasteiger partial charge < -0.3 is 5.32 Å². The van der Waals surface area contributed by atoms with Crippen LogP contribution in [-0.2, 0) is 24.7 Å². The molecule has 2 aromatic rings. The number of aryl methyl sites for hydroxylation is 2. The fourth-order valence-corrected chi connectivity index (χ4v) is 1.90. The van der Waals surface area contributed by atoms with Crippen LogP contribution in [0.2, 0.25) is 0 Å². The van der Waals surface area contributed by atoms with Crippen molar-refractivity contribution in [2.45, 2.75) is 19.3 Å². The Hall–Kier alpha value is -2.31. The lowest BCUT2D eigenvalue weighted by molar-refractivity contribution is -0.121. The SMILES string of the molecule is Cn1ncnc1CCNC(=O)CCc1ccc(F)c(F)c1. The molecule has 2 rings (SSSR count). The molecule has 1 aromatic heterocycles. The number of carbonyl (C=O) groups is 1. The Bertz CT molecular complexity index is 627. The fourth-order valence-electron chi connectivity index (χ4n) is 1.90. The number of hydrogen-bond acceptors (Lipinski definition) is 3. The van der Waals surface area contributed by atoms with Crippen molar-refractivity contribution in [1.29, 1.82) is 0 Å². The summed E-state index contributed by atoms with van der Waals surface area (Å²) >= 11 is 0. The van der Waals surface area contributed by atoms with Gasteiger partial charge in [-0.05, 0) is 24.1 Å². The summed E-state index contributed by atoms with van der Waals surface area (Å²) in [5.74, 6) is -1.13. The highest BCUT2D eigenvalue weighted by Crippen LogP contribution is 2.10. The Kier molecular flexibility index (Phi) is 4.97. The van der Waals surface area contributed by atoms with Crippen molar-refractivity contribution in [1.82, 2.24) is 20.1 Å². The molecule has 0 radical (unpaired) electrons. The van der Waals surface area contributed by atoms with E-state index in [0.29, 0.717) is 24.9 Å². The quantitative estimate of drug-likeness (QED) is 0.875. The van der Waals surface area contributed by atoms with Crippen molar-refractivity contribution >= 4 is 5.91 Å². The van der Waals surface area contributed by atoms with Gasteiger partial charge in [-0.1, -0.05) is 6.07 Å². The van der Waals surface area contributed by atoms with E-state index in [1.54, 1.807) is 11.7 Å². The first-order valence-corrected chi connectivity index (χ1v) is 6.60. The summed E-state index contributed by atoms with van der Waals surface area (Å²) in [6.45, 7) is 0.461. The zero-order valence-corrected chi connectivity index (χ0v) is 11.6. The van der Waals surface area contributed by atoms with E-state index < -0.39 is 11.6 Å². The second kappa shape index (κ2) is 6.92. The molecule has 21 heavy (non-hydrogen) atoms. The van der Waals surface area contributed by atoms with Gasteiger partial charge in [0.2, 0.25) is 5.91 Å². The van der Waals surface area contributed by atoms with E-state index in [-0.39, 0.29) is 12.3 Å². The summed E-state index contributed by atoms with van der Waals surface area (Å²) < 4.78 is 27.4. The average molecular weight is 294 g/mol. The second-order valence-corrected chi connectivity index (χ2v) is 4.65. The fraction of sp³-hybridized carbons (Fsp3) is 0.357. The van der Waals surface area contributed by atoms with Crippen LogP contribution in [-0.4, -0.2) is 27.2 Å². The lowest BCUT2D eigenvalue weighted by Crippen LogP contribution is -2.26. The number of aromatic nitrogens is 3. The third-order valence-corrected chi connectivity index (χ3v) is 3.10. The van der Waals surface area contributed by atoms with E-state index in [0.717, 1.165) is 18.0 Å². The summed E-state index contributed by atoms with van der Waals surface area (Å²) in [6.07, 6.45) is 2.64. The number of rotatable bonds is 6. The van der Waals surface area contributed by atoms with E-state index in [2.05, 4.69) is 15.4 Å². The molecule has 0 spiro atoms. The molecule has 1 amide bonds. The smallest absolute Gasteiger partial charge is 0.220 e. The van der Waals surface area contributed by atoms with Gasteiger partial charge in [0.25, 0.3) is 0 Å². The largest absolute Gasteiger partial charge is 0.356 e. The van der Waals surface area contributed by atoms with Gasteiger partial charge in [0, 0.05) is 26.4 Å². The highest BCUT2D eigenvalue weighted by molar-refractivity contribution is 5.76. The van der Waals surface area contributed by atoms with Gasteiger partial charge in [-0.15, -0.1) is 0 Å². The molecule has 1 heterocycles. The molecular formula is C14H16F2N4O. The average Bonchev–Trinajstić information content (AvgIpc) is 2.86. The van der Waals surface area contributed by atoms with Crippen LogP contribution >= 0.6 is 0 Å². The highest BCUT2D eigenvalue weighted by atomic mass is 19.2. The van der Waals surface area contributed by atoms with E-state index in [4.69, 9.17) is 0 Å². The molecule has 1 N–H and O–H groups in total. The predicted octanol–water partition coefficient (Wildman–Crippen LogP) is 1.38. The maximum absolute atomic E-state index is 13.0. The first-order valence-electron chi connectivity index (χ1n) is 6.60. The molecule has 0 saturated carbocycles. The lowest BCUT2D eigenvalue weighted by Gasteiger charge is -2.05. The maximum Gasteiger partial charge on any atom is 0.220 e. The summed E-state index contributed by atoms with van der Waals surface area (Å²) in [5.41, 5.74) is 0.595. The van der Waals surface area contributed by atoms with Crippen molar-refractivity contribution in [2.75, 3.05) is 6.54 Å². The molecule has 0 saturated heterocycles. The van der Waals surface area contributed by atoms with Gasteiger partial charge in [0.15, 0.2) is 11.6 Å². The van der Waals surface area contributed by atoms with Crippen molar-refractivity contribution < 1.29 is 13.6 Å². The molecule has 1 aromatic carbocycles. The molecular weight excluding hydrogens is 278 g/mol. The zero-order valence-electron chi connectivity index (χ0n) is 11.6. The molecule has 0 aliphatic heterocycles. The highest BCUT2D eigenvalue weighted by Gasteiger charge is 2.06.